The van der Waals surface area contributed by atoms with E-state index in [2.05, 4.69) is 20.5 Å². The molecule has 5 rings (SSSR count). The van der Waals surface area contributed by atoms with Crippen LogP contribution in [0, 0.1) is 12.7 Å². The summed E-state index contributed by atoms with van der Waals surface area (Å²) in [6.45, 7) is 1.96. The molecule has 4 heterocycles. The van der Waals surface area contributed by atoms with Gasteiger partial charge in [-0.2, -0.15) is 8.78 Å². The van der Waals surface area contributed by atoms with Crippen LogP contribution in [0.15, 0.2) is 24.4 Å². The molecule has 2 amide bonds. The second-order valence-electron chi connectivity index (χ2n) is 8.55. The van der Waals surface area contributed by atoms with E-state index in [1.54, 1.807) is 6.92 Å². The zero-order valence-electron chi connectivity index (χ0n) is 19.4. The maximum Gasteiger partial charge on any atom is 0.377 e. The molecule has 2 aromatic heterocycles. The zero-order chi connectivity index (χ0) is 26.5. The van der Waals surface area contributed by atoms with Crippen molar-refractivity contribution < 1.29 is 32.2 Å². The molecule has 0 spiro atoms. The van der Waals surface area contributed by atoms with E-state index >= 15 is 4.39 Å². The lowest BCUT2D eigenvalue weighted by molar-refractivity contribution is -0.163. The number of fused-ring (bicyclic) bond motifs is 2. The summed E-state index contributed by atoms with van der Waals surface area (Å²) in [6.07, 6.45) is 1.49. The molecule has 2 aliphatic rings. The number of hydrogen-bond acceptors (Lipinski definition) is 8. The maximum absolute atomic E-state index is 15.0. The van der Waals surface area contributed by atoms with E-state index in [1.807, 2.05) is 0 Å². The van der Waals surface area contributed by atoms with Gasteiger partial charge in [-0.05, 0) is 31.5 Å². The lowest BCUT2D eigenvalue weighted by Crippen LogP contribution is -2.48. The van der Waals surface area contributed by atoms with E-state index in [1.165, 1.54) is 31.5 Å². The molecule has 2 saturated heterocycles. The van der Waals surface area contributed by atoms with Crippen LogP contribution in [0.4, 0.5) is 18.3 Å². The van der Waals surface area contributed by atoms with E-state index in [0.29, 0.717) is 23.5 Å². The van der Waals surface area contributed by atoms with Crippen molar-refractivity contribution in [2.45, 2.75) is 31.4 Å². The van der Waals surface area contributed by atoms with Gasteiger partial charge < -0.3 is 14.4 Å². The Morgan fingerprint density at radius 3 is 2.78 bits per heavy atom. The molecule has 2 atom stereocenters. The number of nitrogens with one attached hydrogen (secondary N) is 1. The topological polar surface area (TPSA) is 107 Å². The number of morpholine rings is 1. The van der Waals surface area contributed by atoms with Gasteiger partial charge in [0.25, 0.3) is 5.91 Å². The average Bonchev–Trinajstić information content (AvgIpc) is 3.63. The molecule has 1 N–H and O–H groups in total. The summed E-state index contributed by atoms with van der Waals surface area (Å²) in [5.74, 6) is -6.81. The molecule has 0 radical (unpaired) electrons. The molecule has 3 aromatic rings. The number of benzene rings is 1. The maximum atomic E-state index is 15.0. The number of pyridine rings is 1. The molecule has 0 saturated carbocycles. The number of amides is 2. The van der Waals surface area contributed by atoms with Gasteiger partial charge in [0.05, 0.1) is 42.0 Å². The van der Waals surface area contributed by atoms with Gasteiger partial charge in [0, 0.05) is 24.0 Å². The summed E-state index contributed by atoms with van der Waals surface area (Å²) in [7, 11) is 1.34. The number of carbonyl (C=O) groups is 2. The average molecular weight is 554 g/mol. The Labute approximate surface area is 217 Å². The van der Waals surface area contributed by atoms with Gasteiger partial charge in [0.2, 0.25) is 5.13 Å². The molecule has 1 aromatic carbocycles. The summed E-state index contributed by atoms with van der Waals surface area (Å²) >= 11 is 6.33. The highest BCUT2D eigenvalue weighted by Gasteiger charge is 2.53. The molecule has 9 nitrogen and oxygen atoms in total. The fraction of sp³-hybridized carbons (Fsp3) is 0.348. The number of anilines is 1. The van der Waals surface area contributed by atoms with E-state index in [0.717, 1.165) is 4.90 Å². The summed E-state index contributed by atoms with van der Waals surface area (Å²) in [4.78, 5) is 30.9. The van der Waals surface area contributed by atoms with Crippen molar-refractivity contribution >= 4 is 39.9 Å². The largest absolute Gasteiger partial charge is 0.496 e. The van der Waals surface area contributed by atoms with Gasteiger partial charge in [0.15, 0.2) is 10.8 Å². The van der Waals surface area contributed by atoms with Gasteiger partial charge in [-0.1, -0.05) is 22.9 Å². The molecule has 2 bridgehead atoms. The number of aromatic nitrogens is 3. The number of hydrogen-bond donors (Lipinski definition) is 1. The quantitative estimate of drug-likeness (QED) is 0.491. The van der Waals surface area contributed by atoms with Gasteiger partial charge in [-0.3, -0.25) is 19.9 Å². The van der Waals surface area contributed by atoms with Crippen LogP contribution in [-0.2, 0) is 15.5 Å². The predicted octanol–water partition coefficient (Wildman–Crippen LogP) is 4.05. The van der Waals surface area contributed by atoms with Crippen molar-refractivity contribution in [2.24, 2.45) is 0 Å². The minimum atomic E-state index is -3.93. The Hall–Kier alpha value is -3.29. The van der Waals surface area contributed by atoms with Crippen molar-refractivity contribution in [1.29, 1.82) is 0 Å². The Bertz CT molecular complexity index is 1400. The van der Waals surface area contributed by atoms with Crippen molar-refractivity contribution in [2.75, 3.05) is 25.6 Å². The van der Waals surface area contributed by atoms with Gasteiger partial charge in [-0.15, -0.1) is 10.2 Å². The molecular weight excluding hydrogens is 535 g/mol. The Kier molecular flexibility index (Phi) is 6.54. The second-order valence-corrected chi connectivity index (χ2v) is 9.94. The van der Waals surface area contributed by atoms with Crippen LogP contribution in [0.1, 0.15) is 27.5 Å². The summed E-state index contributed by atoms with van der Waals surface area (Å²) in [6, 6.07) is 3.84. The van der Waals surface area contributed by atoms with Gasteiger partial charge in [0.1, 0.15) is 5.75 Å². The van der Waals surface area contributed by atoms with E-state index < -0.39 is 34.6 Å². The van der Waals surface area contributed by atoms with Crippen molar-refractivity contribution in [3.05, 3.63) is 51.5 Å². The molecule has 194 valence electrons. The highest BCUT2D eigenvalue weighted by molar-refractivity contribution is 7.15. The third kappa shape index (κ3) is 4.51. The van der Waals surface area contributed by atoms with Crippen LogP contribution in [0.2, 0.25) is 5.02 Å². The van der Waals surface area contributed by atoms with Gasteiger partial charge in [-0.25, -0.2) is 4.39 Å². The fourth-order valence-corrected chi connectivity index (χ4v) is 5.25. The molecule has 37 heavy (non-hydrogen) atoms. The monoisotopic (exact) mass is 553 g/mol. The third-order valence-corrected chi connectivity index (χ3v) is 7.38. The predicted molar refractivity (Wildman–Crippen MR) is 128 cm³/mol. The molecule has 2 fully saturated rings. The number of nitrogens with zero attached hydrogens (tertiary/aromatic N) is 4. The number of likely N-dealkylation sites (tertiary alicyclic amines) is 1. The number of alkyl halides is 2. The minimum Gasteiger partial charge on any atom is -0.496 e. The lowest BCUT2D eigenvalue weighted by atomic mass is 9.98. The fourth-order valence-electron chi connectivity index (χ4n) is 4.39. The first kappa shape index (κ1) is 25.4. The molecular formula is C23H19ClF3N5O4S. The molecule has 0 aliphatic carbocycles. The second kappa shape index (κ2) is 9.54. The van der Waals surface area contributed by atoms with Crippen LogP contribution >= 0.6 is 22.9 Å². The highest BCUT2D eigenvalue weighted by atomic mass is 35.5. The highest BCUT2D eigenvalue weighted by Crippen LogP contribution is 2.40. The Morgan fingerprint density at radius 2 is 2.11 bits per heavy atom. The first-order chi connectivity index (χ1) is 17.6. The Balaban J connectivity index is 1.41. The smallest absolute Gasteiger partial charge is 0.377 e. The molecule has 2 unspecified atom stereocenters. The van der Waals surface area contributed by atoms with Crippen LogP contribution in [0.25, 0.3) is 11.1 Å². The van der Waals surface area contributed by atoms with Crippen LogP contribution in [-0.4, -0.2) is 64.3 Å². The number of methoxy groups -OCH3 is 1. The normalized spacial score (nSPS) is 18.8. The molecule has 2 aliphatic heterocycles. The zero-order valence-corrected chi connectivity index (χ0v) is 21.0. The summed E-state index contributed by atoms with van der Waals surface area (Å²) in [5.41, 5.74) is 0.450. The van der Waals surface area contributed by atoms with Crippen molar-refractivity contribution in [3.63, 3.8) is 0 Å². The number of halogens is 4. The number of carbonyl (C=O) groups excluding carboxylic acids is 2. The van der Waals surface area contributed by atoms with E-state index in [9.17, 15) is 18.4 Å². The van der Waals surface area contributed by atoms with E-state index in [-0.39, 0.29) is 51.8 Å². The summed E-state index contributed by atoms with van der Waals surface area (Å²) < 4.78 is 55.6. The van der Waals surface area contributed by atoms with Crippen LogP contribution in [0.5, 0.6) is 5.75 Å². The number of rotatable bonds is 6. The third-order valence-electron chi connectivity index (χ3n) is 6.18. The van der Waals surface area contributed by atoms with E-state index in [4.69, 9.17) is 21.1 Å². The first-order valence-corrected chi connectivity index (χ1v) is 12.2. The molecule has 14 heteroatoms. The van der Waals surface area contributed by atoms with Crippen LogP contribution < -0.4 is 10.1 Å². The number of ether oxygens (including phenoxy) is 2. The van der Waals surface area contributed by atoms with Crippen molar-refractivity contribution in [3.8, 4) is 16.9 Å². The SMILES string of the molecule is COc1ccc(Cl)c(F)c1-c1cc(C)ncc1C(=O)Nc1nnc(C(F)(F)C(=O)N2CC3CC2CO3)s1. The first-order valence-electron chi connectivity index (χ1n) is 11.0. The summed E-state index contributed by atoms with van der Waals surface area (Å²) in [5, 5.41) is 8.12. The lowest BCUT2D eigenvalue weighted by Gasteiger charge is -2.29. The number of aryl methyl sites for hydroxylation is 1. The Morgan fingerprint density at radius 1 is 1.32 bits per heavy atom. The van der Waals surface area contributed by atoms with Gasteiger partial charge >= 0.3 is 11.8 Å². The minimum absolute atomic E-state index is 0.0652. The van der Waals surface area contributed by atoms with Crippen molar-refractivity contribution in [1.82, 2.24) is 20.1 Å². The van der Waals surface area contributed by atoms with Crippen LogP contribution in [0.3, 0.4) is 0 Å². The standard InChI is InChI=1S/C23H19ClF3N5O4S/c1-10-5-13(17-16(35-2)4-3-15(24)18(17)25)14(7-28-10)19(33)29-22-31-30-20(37-22)23(26,27)21(34)32-8-12-6-11(32)9-36-12/h3-5,7,11-12H,6,8-9H2,1-2H3,(H,29,31,33).